The lowest BCUT2D eigenvalue weighted by Crippen LogP contribution is -2.45. The Morgan fingerprint density at radius 1 is 1.26 bits per heavy atom. The Bertz CT molecular complexity index is 972. The van der Waals surface area contributed by atoms with Gasteiger partial charge in [0.2, 0.25) is 0 Å². The van der Waals surface area contributed by atoms with Crippen molar-refractivity contribution in [3.05, 3.63) is 66.1 Å². The van der Waals surface area contributed by atoms with Gasteiger partial charge < -0.3 is 16.0 Å². The lowest BCUT2D eigenvalue weighted by Gasteiger charge is -2.35. The molecule has 1 aliphatic heterocycles. The SMILES string of the molecule is CCC1(CNc2ccc(Cc3c[nH]c4ncccc34)cn2)C=CC=NC1N. The van der Waals surface area contributed by atoms with Gasteiger partial charge in [-0.25, -0.2) is 9.97 Å². The zero-order valence-electron chi connectivity index (χ0n) is 15.4. The summed E-state index contributed by atoms with van der Waals surface area (Å²) in [6.45, 7) is 2.85. The molecule has 0 spiro atoms. The molecule has 3 aromatic rings. The molecular formula is C21H24N6. The first-order valence-electron chi connectivity index (χ1n) is 9.26. The maximum atomic E-state index is 6.22. The van der Waals surface area contributed by atoms with Gasteiger partial charge in [0, 0.05) is 48.6 Å². The number of aromatic nitrogens is 3. The number of anilines is 1. The van der Waals surface area contributed by atoms with Crippen LogP contribution in [0.4, 0.5) is 5.82 Å². The second-order valence-corrected chi connectivity index (χ2v) is 6.98. The molecule has 1 aliphatic rings. The maximum absolute atomic E-state index is 6.22. The number of allylic oxidation sites excluding steroid dienone is 1. The lowest BCUT2D eigenvalue weighted by atomic mass is 9.80. The molecule has 138 valence electrons. The number of aromatic amines is 1. The van der Waals surface area contributed by atoms with Crippen LogP contribution < -0.4 is 11.1 Å². The Balaban J connectivity index is 1.43. The van der Waals surface area contributed by atoms with E-state index in [-0.39, 0.29) is 11.6 Å². The monoisotopic (exact) mass is 360 g/mol. The highest BCUT2D eigenvalue weighted by atomic mass is 15.0. The number of hydrogen-bond donors (Lipinski definition) is 3. The van der Waals surface area contributed by atoms with E-state index in [9.17, 15) is 0 Å². The second-order valence-electron chi connectivity index (χ2n) is 6.98. The summed E-state index contributed by atoms with van der Waals surface area (Å²) in [5, 5.41) is 4.58. The fourth-order valence-corrected chi connectivity index (χ4v) is 3.51. The lowest BCUT2D eigenvalue weighted by molar-refractivity contribution is 0.313. The highest BCUT2D eigenvalue weighted by Gasteiger charge is 2.33. The minimum absolute atomic E-state index is 0.174. The summed E-state index contributed by atoms with van der Waals surface area (Å²) in [6, 6.07) is 8.18. The van der Waals surface area contributed by atoms with Crippen LogP contribution in [-0.2, 0) is 6.42 Å². The van der Waals surface area contributed by atoms with Crippen molar-refractivity contribution >= 4 is 23.1 Å². The molecule has 6 heteroatoms. The highest BCUT2D eigenvalue weighted by Crippen LogP contribution is 2.30. The Labute approximate surface area is 158 Å². The molecule has 4 heterocycles. The van der Waals surface area contributed by atoms with Gasteiger partial charge in [-0.15, -0.1) is 0 Å². The third-order valence-corrected chi connectivity index (χ3v) is 5.36. The largest absolute Gasteiger partial charge is 0.369 e. The van der Waals surface area contributed by atoms with Gasteiger partial charge in [-0.1, -0.05) is 19.1 Å². The molecule has 2 atom stereocenters. The summed E-state index contributed by atoms with van der Waals surface area (Å²) in [6.07, 6.45) is 13.1. The number of nitrogens with two attached hydrogens (primary N) is 1. The number of nitrogens with one attached hydrogen (secondary N) is 2. The normalized spacial score (nSPS) is 21.6. The first-order chi connectivity index (χ1) is 13.2. The predicted molar refractivity (Wildman–Crippen MR) is 110 cm³/mol. The highest BCUT2D eigenvalue weighted by molar-refractivity contribution is 5.79. The molecule has 0 aromatic carbocycles. The van der Waals surface area contributed by atoms with Crippen LogP contribution in [0.25, 0.3) is 11.0 Å². The molecule has 4 N–H and O–H groups in total. The van der Waals surface area contributed by atoms with Crippen LogP contribution in [0.1, 0.15) is 24.5 Å². The van der Waals surface area contributed by atoms with Crippen molar-refractivity contribution < 1.29 is 0 Å². The Morgan fingerprint density at radius 3 is 2.96 bits per heavy atom. The van der Waals surface area contributed by atoms with Crippen LogP contribution in [0.2, 0.25) is 0 Å². The first-order valence-corrected chi connectivity index (χ1v) is 9.26. The van der Waals surface area contributed by atoms with Gasteiger partial charge in [0.25, 0.3) is 0 Å². The Hall–Kier alpha value is -2.99. The molecule has 3 aromatic heterocycles. The molecule has 0 radical (unpaired) electrons. The average molecular weight is 360 g/mol. The van der Waals surface area contributed by atoms with Crippen molar-refractivity contribution in [2.45, 2.75) is 25.9 Å². The number of pyridine rings is 2. The number of rotatable bonds is 6. The number of H-pyrrole nitrogens is 1. The number of hydrogen-bond acceptors (Lipinski definition) is 5. The van der Waals surface area contributed by atoms with Crippen molar-refractivity contribution in [1.82, 2.24) is 15.0 Å². The number of fused-ring (bicyclic) bond motifs is 1. The molecule has 2 unspecified atom stereocenters. The summed E-state index contributed by atoms with van der Waals surface area (Å²) in [5.41, 5.74) is 9.35. The Kier molecular flexibility index (Phi) is 4.73. The van der Waals surface area contributed by atoms with Crippen LogP contribution in [0.15, 0.2) is 60.0 Å². The third kappa shape index (κ3) is 3.48. The maximum Gasteiger partial charge on any atom is 0.137 e. The molecular weight excluding hydrogens is 336 g/mol. The van der Waals surface area contributed by atoms with Gasteiger partial charge in [-0.05, 0) is 41.8 Å². The third-order valence-electron chi connectivity index (χ3n) is 5.36. The van der Waals surface area contributed by atoms with Crippen molar-refractivity contribution in [2.75, 3.05) is 11.9 Å². The molecule has 0 aliphatic carbocycles. The molecule has 0 saturated carbocycles. The Morgan fingerprint density at radius 2 is 2.19 bits per heavy atom. The van der Waals surface area contributed by atoms with E-state index in [0.717, 1.165) is 35.3 Å². The zero-order chi connectivity index (χ0) is 18.7. The first kappa shape index (κ1) is 17.4. The van der Waals surface area contributed by atoms with Crippen molar-refractivity contribution in [3.8, 4) is 0 Å². The van der Waals surface area contributed by atoms with E-state index in [1.54, 1.807) is 12.4 Å². The molecule has 4 rings (SSSR count). The van der Waals surface area contributed by atoms with E-state index in [1.807, 2.05) is 30.6 Å². The fraction of sp³-hybridized carbons (Fsp3) is 0.286. The van der Waals surface area contributed by atoms with Gasteiger partial charge >= 0.3 is 0 Å². The van der Waals surface area contributed by atoms with E-state index in [0.29, 0.717) is 6.54 Å². The quantitative estimate of drug-likeness (QED) is 0.629. The van der Waals surface area contributed by atoms with Gasteiger partial charge in [-0.2, -0.15) is 0 Å². The van der Waals surface area contributed by atoms with Gasteiger partial charge in [-0.3, -0.25) is 4.99 Å². The zero-order valence-corrected chi connectivity index (χ0v) is 15.4. The fourth-order valence-electron chi connectivity index (χ4n) is 3.51. The minimum atomic E-state index is -0.227. The number of aliphatic imine (C=N–C) groups is 1. The number of dihydropyridines is 1. The minimum Gasteiger partial charge on any atom is -0.369 e. The van der Waals surface area contributed by atoms with E-state index in [2.05, 4.69) is 50.4 Å². The van der Waals surface area contributed by atoms with Crippen molar-refractivity contribution in [1.29, 1.82) is 0 Å². The molecule has 6 nitrogen and oxygen atoms in total. The summed E-state index contributed by atoms with van der Waals surface area (Å²) in [4.78, 5) is 16.5. The smallest absolute Gasteiger partial charge is 0.137 e. The van der Waals surface area contributed by atoms with Crippen LogP contribution >= 0.6 is 0 Å². The van der Waals surface area contributed by atoms with Crippen LogP contribution in [-0.4, -0.2) is 33.9 Å². The summed E-state index contributed by atoms with van der Waals surface area (Å²) in [5.74, 6) is 0.849. The van der Waals surface area contributed by atoms with Gasteiger partial charge in [0.05, 0.1) is 0 Å². The van der Waals surface area contributed by atoms with E-state index in [4.69, 9.17) is 5.73 Å². The van der Waals surface area contributed by atoms with Crippen molar-refractivity contribution in [2.24, 2.45) is 16.1 Å². The van der Waals surface area contributed by atoms with Gasteiger partial charge in [0.1, 0.15) is 17.6 Å². The standard InChI is InChI=1S/C21H24N6/c1-2-21(8-4-10-24-20(21)22)14-27-18-7-6-15(12-25-18)11-16-13-26-19-17(16)5-3-9-23-19/h3-10,12-13,20H,2,11,14,22H2,1H3,(H,23,26)(H,25,27). The van der Waals surface area contributed by atoms with Crippen molar-refractivity contribution in [3.63, 3.8) is 0 Å². The van der Waals surface area contributed by atoms with Crippen LogP contribution in [0, 0.1) is 5.41 Å². The second kappa shape index (κ2) is 7.32. The van der Waals surface area contributed by atoms with Crippen LogP contribution in [0.5, 0.6) is 0 Å². The molecule has 0 saturated heterocycles. The molecule has 27 heavy (non-hydrogen) atoms. The van der Waals surface area contributed by atoms with E-state index < -0.39 is 0 Å². The summed E-state index contributed by atoms with van der Waals surface area (Å²) >= 11 is 0. The van der Waals surface area contributed by atoms with Crippen LogP contribution in [0.3, 0.4) is 0 Å². The predicted octanol–water partition coefficient (Wildman–Crippen LogP) is 3.28. The molecule has 0 fully saturated rings. The summed E-state index contributed by atoms with van der Waals surface area (Å²) < 4.78 is 0. The average Bonchev–Trinajstić information content (AvgIpc) is 3.12. The van der Waals surface area contributed by atoms with E-state index in [1.165, 1.54) is 5.56 Å². The van der Waals surface area contributed by atoms with E-state index >= 15 is 0 Å². The number of nitrogens with zero attached hydrogens (tertiary/aromatic N) is 3. The van der Waals surface area contributed by atoms with Gasteiger partial charge in [0.15, 0.2) is 0 Å². The molecule has 0 bridgehead atoms. The topological polar surface area (TPSA) is 92.0 Å². The summed E-state index contributed by atoms with van der Waals surface area (Å²) in [7, 11) is 0. The molecule has 0 amide bonds.